The predicted molar refractivity (Wildman–Crippen MR) is 106 cm³/mol. The third kappa shape index (κ3) is 4.60. The van der Waals surface area contributed by atoms with Crippen LogP contribution in [-0.4, -0.2) is 0 Å². The standard InChI is InChI=1S/C24H33F3/c1-3-5-17-8-12-18(13-9-17)20-14-15-21(23(25)22(20)24(26)27)19-10-6-16(4-2)7-11-19/h3,5,14-19,24H,4,6-13H2,1-2H3. The monoisotopic (exact) mass is 378 g/mol. The van der Waals surface area contributed by atoms with Crippen molar-refractivity contribution < 1.29 is 13.2 Å². The molecule has 0 atom stereocenters. The maximum atomic E-state index is 15.2. The molecule has 150 valence electrons. The van der Waals surface area contributed by atoms with E-state index in [0.29, 0.717) is 23.0 Å². The number of hydrogen-bond donors (Lipinski definition) is 0. The van der Waals surface area contributed by atoms with E-state index in [1.54, 1.807) is 0 Å². The second kappa shape index (κ2) is 9.30. The molecule has 3 heteroatoms. The lowest BCUT2D eigenvalue weighted by Gasteiger charge is -2.31. The second-order valence-electron chi connectivity index (χ2n) is 8.54. The highest BCUT2D eigenvalue weighted by Crippen LogP contribution is 2.44. The van der Waals surface area contributed by atoms with Gasteiger partial charge in [0.05, 0.1) is 5.56 Å². The molecule has 27 heavy (non-hydrogen) atoms. The first-order valence-corrected chi connectivity index (χ1v) is 10.8. The van der Waals surface area contributed by atoms with Crippen LogP contribution in [0.2, 0.25) is 0 Å². The van der Waals surface area contributed by atoms with Crippen molar-refractivity contribution in [1.82, 2.24) is 0 Å². The van der Waals surface area contributed by atoms with Gasteiger partial charge in [-0.1, -0.05) is 37.6 Å². The van der Waals surface area contributed by atoms with Gasteiger partial charge in [0.15, 0.2) is 0 Å². The Kier molecular flexibility index (Phi) is 7.05. The van der Waals surface area contributed by atoms with Gasteiger partial charge in [-0.25, -0.2) is 13.2 Å². The van der Waals surface area contributed by atoms with E-state index in [1.807, 2.05) is 19.1 Å². The Balaban J connectivity index is 1.81. The van der Waals surface area contributed by atoms with E-state index in [4.69, 9.17) is 0 Å². The average molecular weight is 379 g/mol. The van der Waals surface area contributed by atoms with Crippen molar-refractivity contribution in [2.75, 3.05) is 0 Å². The fourth-order valence-corrected chi connectivity index (χ4v) is 5.29. The lowest BCUT2D eigenvalue weighted by atomic mass is 9.74. The van der Waals surface area contributed by atoms with Gasteiger partial charge >= 0.3 is 0 Å². The quantitative estimate of drug-likeness (QED) is 0.452. The summed E-state index contributed by atoms with van der Waals surface area (Å²) in [6, 6.07) is 3.65. The van der Waals surface area contributed by atoms with Crippen LogP contribution >= 0.6 is 0 Å². The topological polar surface area (TPSA) is 0 Å². The zero-order chi connectivity index (χ0) is 19.4. The molecular weight excluding hydrogens is 345 g/mol. The zero-order valence-corrected chi connectivity index (χ0v) is 16.7. The molecule has 2 aliphatic rings. The summed E-state index contributed by atoms with van der Waals surface area (Å²) in [7, 11) is 0. The summed E-state index contributed by atoms with van der Waals surface area (Å²) >= 11 is 0. The van der Waals surface area contributed by atoms with Gasteiger partial charge in [0.25, 0.3) is 6.43 Å². The first kappa shape index (κ1) is 20.5. The first-order valence-electron chi connectivity index (χ1n) is 10.8. The third-order valence-electron chi connectivity index (χ3n) is 7.00. The van der Waals surface area contributed by atoms with Crippen LogP contribution in [0.3, 0.4) is 0 Å². The van der Waals surface area contributed by atoms with Gasteiger partial charge in [0, 0.05) is 0 Å². The van der Waals surface area contributed by atoms with Crippen molar-refractivity contribution >= 4 is 0 Å². The van der Waals surface area contributed by atoms with Gasteiger partial charge < -0.3 is 0 Å². The molecule has 0 bridgehead atoms. The van der Waals surface area contributed by atoms with Crippen LogP contribution in [-0.2, 0) is 0 Å². The first-order chi connectivity index (χ1) is 13.0. The van der Waals surface area contributed by atoms with Crippen LogP contribution in [0.25, 0.3) is 0 Å². The van der Waals surface area contributed by atoms with Crippen molar-refractivity contribution in [3.05, 3.63) is 46.8 Å². The number of rotatable bonds is 5. The van der Waals surface area contributed by atoms with Gasteiger partial charge in [0.1, 0.15) is 5.82 Å². The molecule has 2 aliphatic carbocycles. The Labute approximate surface area is 162 Å². The maximum absolute atomic E-state index is 15.2. The Morgan fingerprint density at radius 2 is 1.48 bits per heavy atom. The van der Waals surface area contributed by atoms with Gasteiger partial charge in [-0.05, 0) is 93.1 Å². The van der Waals surface area contributed by atoms with E-state index in [9.17, 15) is 8.78 Å². The molecule has 0 amide bonds. The zero-order valence-electron chi connectivity index (χ0n) is 16.7. The largest absolute Gasteiger partial charge is 0.266 e. The highest BCUT2D eigenvalue weighted by Gasteiger charge is 2.31. The number of alkyl halides is 2. The molecule has 0 heterocycles. The molecule has 0 aromatic heterocycles. The van der Waals surface area contributed by atoms with Crippen molar-refractivity contribution in [2.24, 2.45) is 11.8 Å². The fraction of sp³-hybridized carbons (Fsp3) is 0.667. The maximum Gasteiger partial charge on any atom is 0.266 e. The summed E-state index contributed by atoms with van der Waals surface area (Å²) in [5, 5.41) is 0. The highest BCUT2D eigenvalue weighted by atomic mass is 19.3. The second-order valence-corrected chi connectivity index (χ2v) is 8.54. The van der Waals surface area contributed by atoms with Crippen LogP contribution in [0.15, 0.2) is 24.3 Å². The Morgan fingerprint density at radius 3 is 2.04 bits per heavy atom. The molecule has 0 radical (unpaired) electrons. The van der Waals surface area contributed by atoms with E-state index in [2.05, 4.69) is 19.1 Å². The molecular formula is C24H33F3. The van der Waals surface area contributed by atoms with Crippen molar-refractivity contribution in [2.45, 2.75) is 89.9 Å². The SMILES string of the molecule is CC=CC1CCC(c2ccc(C3CCC(CC)CC3)c(F)c2C(F)F)CC1. The number of halogens is 3. The summed E-state index contributed by atoms with van der Waals surface area (Å²) in [6.07, 6.45) is 10.5. The summed E-state index contributed by atoms with van der Waals surface area (Å²) in [4.78, 5) is 0. The van der Waals surface area contributed by atoms with Crippen molar-refractivity contribution in [1.29, 1.82) is 0 Å². The molecule has 0 aliphatic heterocycles. The highest BCUT2D eigenvalue weighted by molar-refractivity contribution is 5.39. The van der Waals surface area contributed by atoms with Crippen molar-refractivity contribution in [3.8, 4) is 0 Å². The number of hydrogen-bond acceptors (Lipinski definition) is 0. The van der Waals surface area contributed by atoms with E-state index in [0.717, 1.165) is 57.8 Å². The molecule has 0 spiro atoms. The summed E-state index contributed by atoms with van der Waals surface area (Å²) in [5.74, 6) is 0.808. The molecule has 0 saturated heterocycles. The molecule has 1 aromatic carbocycles. The summed E-state index contributed by atoms with van der Waals surface area (Å²) < 4.78 is 42.9. The van der Waals surface area contributed by atoms with Gasteiger partial charge in [-0.2, -0.15) is 0 Å². The third-order valence-corrected chi connectivity index (χ3v) is 7.00. The smallest absolute Gasteiger partial charge is 0.206 e. The lowest BCUT2D eigenvalue weighted by molar-refractivity contribution is 0.143. The average Bonchev–Trinajstić information content (AvgIpc) is 2.68. The van der Waals surface area contributed by atoms with Gasteiger partial charge in [-0.15, -0.1) is 0 Å². The minimum absolute atomic E-state index is 0.0647. The predicted octanol–water partition coefficient (Wildman–Crippen LogP) is 8.30. The number of allylic oxidation sites excluding steroid dienone is 2. The minimum Gasteiger partial charge on any atom is -0.206 e. The van der Waals surface area contributed by atoms with Gasteiger partial charge in [-0.3, -0.25) is 0 Å². The van der Waals surface area contributed by atoms with Crippen LogP contribution in [0.1, 0.15) is 107 Å². The fourth-order valence-electron chi connectivity index (χ4n) is 5.29. The molecule has 0 nitrogen and oxygen atoms in total. The number of benzene rings is 1. The Morgan fingerprint density at radius 1 is 0.926 bits per heavy atom. The van der Waals surface area contributed by atoms with Gasteiger partial charge in [0.2, 0.25) is 0 Å². The Hall–Kier alpha value is -1.25. The van der Waals surface area contributed by atoms with Crippen molar-refractivity contribution in [3.63, 3.8) is 0 Å². The van der Waals surface area contributed by atoms with Crippen LogP contribution in [0.5, 0.6) is 0 Å². The van der Waals surface area contributed by atoms with E-state index >= 15 is 4.39 Å². The molecule has 3 rings (SSSR count). The molecule has 0 unspecified atom stereocenters. The van der Waals surface area contributed by atoms with Crippen LogP contribution in [0.4, 0.5) is 13.2 Å². The lowest BCUT2D eigenvalue weighted by Crippen LogP contribution is -2.17. The minimum atomic E-state index is -2.74. The summed E-state index contributed by atoms with van der Waals surface area (Å²) in [6.45, 7) is 4.21. The molecule has 1 aromatic rings. The van der Waals surface area contributed by atoms with E-state index in [-0.39, 0.29) is 17.4 Å². The van der Waals surface area contributed by atoms with E-state index in [1.165, 1.54) is 0 Å². The van der Waals surface area contributed by atoms with Crippen LogP contribution < -0.4 is 0 Å². The molecule has 2 saturated carbocycles. The Bertz CT molecular complexity index is 633. The molecule has 2 fully saturated rings. The summed E-state index contributed by atoms with van der Waals surface area (Å²) in [5.41, 5.74) is 0.790. The molecule has 0 N–H and O–H groups in total. The normalized spacial score (nSPS) is 29.6. The van der Waals surface area contributed by atoms with Crippen LogP contribution in [0, 0.1) is 17.7 Å². The van der Waals surface area contributed by atoms with E-state index < -0.39 is 12.2 Å².